The van der Waals surface area contributed by atoms with E-state index in [4.69, 9.17) is 10.9 Å². The van der Waals surface area contributed by atoms with Gasteiger partial charge in [0.15, 0.2) is 0 Å². The van der Waals surface area contributed by atoms with Crippen LogP contribution >= 0.6 is 0 Å². The molecule has 1 unspecified atom stereocenters. The molecule has 19 heavy (non-hydrogen) atoms. The lowest BCUT2D eigenvalue weighted by molar-refractivity contribution is 0.316. The average Bonchev–Trinajstić information content (AvgIpc) is 2.46. The van der Waals surface area contributed by atoms with Crippen LogP contribution in [0.3, 0.4) is 0 Å². The predicted molar refractivity (Wildman–Crippen MR) is 79.7 cm³/mol. The van der Waals surface area contributed by atoms with E-state index < -0.39 is 0 Å². The van der Waals surface area contributed by atoms with Gasteiger partial charge < -0.3 is 16.3 Å². The standard InChI is InChI=1S/C15H19N3O/c1-2-12(10-15(16)18-19)17-14-9-5-7-11-6-3-4-8-13(11)14/h3-9,12,17,19H,2,10H2,1H3,(H2,16,18). The fourth-order valence-electron chi connectivity index (χ4n) is 2.16. The van der Waals surface area contributed by atoms with E-state index in [2.05, 4.69) is 41.7 Å². The summed E-state index contributed by atoms with van der Waals surface area (Å²) in [6.45, 7) is 2.08. The lowest BCUT2D eigenvalue weighted by Gasteiger charge is -2.19. The van der Waals surface area contributed by atoms with Gasteiger partial charge in [0, 0.05) is 23.5 Å². The van der Waals surface area contributed by atoms with Gasteiger partial charge in [0.25, 0.3) is 0 Å². The van der Waals surface area contributed by atoms with Crippen LogP contribution in [0.5, 0.6) is 0 Å². The van der Waals surface area contributed by atoms with E-state index in [9.17, 15) is 0 Å². The Morgan fingerprint density at radius 3 is 2.74 bits per heavy atom. The highest BCUT2D eigenvalue weighted by molar-refractivity contribution is 5.94. The molecule has 1 atom stereocenters. The minimum absolute atomic E-state index is 0.154. The average molecular weight is 257 g/mol. The highest BCUT2D eigenvalue weighted by Crippen LogP contribution is 2.24. The molecule has 0 aliphatic heterocycles. The maximum atomic E-state index is 8.65. The molecule has 0 heterocycles. The van der Waals surface area contributed by atoms with Crippen molar-refractivity contribution in [2.24, 2.45) is 10.9 Å². The second kappa shape index (κ2) is 6.09. The van der Waals surface area contributed by atoms with E-state index in [0.717, 1.165) is 12.1 Å². The Bertz CT molecular complexity index is 575. The maximum absolute atomic E-state index is 8.65. The number of hydrogen-bond donors (Lipinski definition) is 3. The molecule has 4 nitrogen and oxygen atoms in total. The normalized spacial score (nSPS) is 13.4. The van der Waals surface area contributed by atoms with Crippen molar-refractivity contribution in [3.8, 4) is 0 Å². The Morgan fingerprint density at radius 2 is 2.00 bits per heavy atom. The van der Waals surface area contributed by atoms with Gasteiger partial charge in [-0.3, -0.25) is 0 Å². The zero-order valence-corrected chi connectivity index (χ0v) is 11.0. The zero-order valence-electron chi connectivity index (χ0n) is 11.0. The Kier molecular flexibility index (Phi) is 4.23. The van der Waals surface area contributed by atoms with Crippen LogP contribution in [0.2, 0.25) is 0 Å². The van der Waals surface area contributed by atoms with Crippen LogP contribution in [0.15, 0.2) is 47.6 Å². The van der Waals surface area contributed by atoms with Gasteiger partial charge in [-0.15, -0.1) is 0 Å². The van der Waals surface area contributed by atoms with Crippen LogP contribution < -0.4 is 11.1 Å². The van der Waals surface area contributed by atoms with E-state index in [1.807, 2.05) is 18.2 Å². The Labute approximate surface area is 112 Å². The fraction of sp³-hybridized carbons (Fsp3) is 0.267. The first-order chi connectivity index (χ1) is 9.24. The summed E-state index contributed by atoms with van der Waals surface area (Å²) in [7, 11) is 0. The number of anilines is 1. The van der Waals surface area contributed by atoms with Crippen molar-refractivity contribution < 1.29 is 5.21 Å². The van der Waals surface area contributed by atoms with E-state index in [1.54, 1.807) is 0 Å². The quantitative estimate of drug-likeness (QED) is 0.333. The van der Waals surface area contributed by atoms with Gasteiger partial charge in [-0.25, -0.2) is 0 Å². The first-order valence-electron chi connectivity index (χ1n) is 6.45. The second-order valence-electron chi connectivity index (χ2n) is 4.57. The van der Waals surface area contributed by atoms with E-state index in [0.29, 0.717) is 6.42 Å². The smallest absolute Gasteiger partial charge is 0.141 e. The van der Waals surface area contributed by atoms with Crippen molar-refractivity contribution in [3.63, 3.8) is 0 Å². The van der Waals surface area contributed by atoms with Crippen molar-refractivity contribution >= 4 is 22.3 Å². The number of hydrogen-bond acceptors (Lipinski definition) is 3. The fourth-order valence-corrected chi connectivity index (χ4v) is 2.16. The van der Waals surface area contributed by atoms with Crippen LogP contribution in [0.1, 0.15) is 19.8 Å². The Balaban J connectivity index is 2.24. The van der Waals surface area contributed by atoms with Gasteiger partial charge in [0.2, 0.25) is 0 Å². The van der Waals surface area contributed by atoms with E-state index in [1.165, 1.54) is 10.8 Å². The molecular weight excluding hydrogens is 238 g/mol. The molecule has 100 valence electrons. The van der Waals surface area contributed by atoms with Crippen LogP contribution in [-0.4, -0.2) is 17.1 Å². The highest BCUT2D eigenvalue weighted by Gasteiger charge is 2.10. The molecule has 0 saturated carbocycles. The van der Waals surface area contributed by atoms with Gasteiger partial charge in [-0.1, -0.05) is 48.5 Å². The molecule has 0 radical (unpaired) electrons. The largest absolute Gasteiger partial charge is 0.409 e. The summed E-state index contributed by atoms with van der Waals surface area (Å²) in [4.78, 5) is 0. The molecule has 0 spiro atoms. The van der Waals surface area contributed by atoms with Gasteiger partial charge in [0.05, 0.1) is 0 Å². The zero-order chi connectivity index (χ0) is 13.7. The number of nitrogens with zero attached hydrogens (tertiary/aromatic N) is 1. The van der Waals surface area contributed by atoms with Crippen molar-refractivity contribution in [2.45, 2.75) is 25.8 Å². The topological polar surface area (TPSA) is 70.6 Å². The third-order valence-corrected chi connectivity index (χ3v) is 3.23. The molecule has 4 heteroatoms. The summed E-state index contributed by atoms with van der Waals surface area (Å²) < 4.78 is 0. The lowest BCUT2D eigenvalue weighted by atomic mass is 10.1. The van der Waals surface area contributed by atoms with Crippen molar-refractivity contribution in [2.75, 3.05) is 5.32 Å². The number of oxime groups is 1. The number of nitrogens with two attached hydrogens (primary N) is 1. The summed E-state index contributed by atoms with van der Waals surface area (Å²) >= 11 is 0. The van der Waals surface area contributed by atoms with Gasteiger partial charge in [-0.2, -0.15) is 0 Å². The molecule has 2 aromatic rings. The maximum Gasteiger partial charge on any atom is 0.141 e. The molecule has 0 saturated heterocycles. The third-order valence-electron chi connectivity index (χ3n) is 3.23. The van der Waals surface area contributed by atoms with E-state index in [-0.39, 0.29) is 11.9 Å². The highest BCUT2D eigenvalue weighted by atomic mass is 16.4. The molecule has 2 aromatic carbocycles. The molecule has 0 aliphatic carbocycles. The van der Waals surface area contributed by atoms with Crippen LogP contribution in [0.25, 0.3) is 10.8 Å². The van der Waals surface area contributed by atoms with Crippen molar-refractivity contribution in [1.29, 1.82) is 0 Å². The minimum atomic E-state index is 0.154. The molecule has 0 bridgehead atoms. The minimum Gasteiger partial charge on any atom is -0.409 e. The van der Waals surface area contributed by atoms with Crippen LogP contribution in [0, 0.1) is 0 Å². The number of rotatable bonds is 5. The van der Waals surface area contributed by atoms with Crippen LogP contribution in [-0.2, 0) is 0 Å². The summed E-state index contributed by atoms with van der Waals surface area (Å²) in [5.41, 5.74) is 6.66. The van der Waals surface area contributed by atoms with Gasteiger partial charge in [0.1, 0.15) is 5.84 Å². The van der Waals surface area contributed by atoms with Gasteiger partial charge in [-0.05, 0) is 17.9 Å². The Hall–Kier alpha value is -2.23. The van der Waals surface area contributed by atoms with Crippen molar-refractivity contribution in [3.05, 3.63) is 42.5 Å². The number of amidine groups is 1. The Morgan fingerprint density at radius 1 is 1.26 bits per heavy atom. The van der Waals surface area contributed by atoms with E-state index >= 15 is 0 Å². The summed E-state index contributed by atoms with van der Waals surface area (Å²) in [6, 6.07) is 14.6. The summed E-state index contributed by atoms with van der Waals surface area (Å²) in [5.74, 6) is 0.250. The molecule has 0 amide bonds. The molecule has 4 N–H and O–H groups in total. The lowest BCUT2D eigenvalue weighted by Crippen LogP contribution is -2.26. The molecule has 0 aliphatic rings. The summed E-state index contributed by atoms with van der Waals surface area (Å²) in [6.07, 6.45) is 1.43. The predicted octanol–water partition coefficient (Wildman–Crippen LogP) is 3.17. The van der Waals surface area contributed by atoms with Crippen LogP contribution in [0.4, 0.5) is 5.69 Å². The molecular formula is C15H19N3O. The molecule has 0 aromatic heterocycles. The summed E-state index contributed by atoms with van der Waals surface area (Å²) in [5, 5.41) is 17.5. The number of benzene rings is 2. The second-order valence-corrected chi connectivity index (χ2v) is 4.57. The number of fused-ring (bicyclic) bond motifs is 1. The first kappa shape index (κ1) is 13.2. The molecule has 2 rings (SSSR count). The van der Waals surface area contributed by atoms with Crippen molar-refractivity contribution in [1.82, 2.24) is 0 Å². The van der Waals surface area contributed by atoms with Gasteiger partial charge >= 0.3 is 0 Å². The first-order valence-corrected chi connectivity index (χ1v) is 6.45. The SMILES string of the molecule is CCC(CC(N)=NO)Nc1cccc2ccccc12. The number of nitrogens with one attached hydrogen (secondary N) is 1. The third kappa shape index (κ3) is 3.16. The monoisotopic (exact) mass is 257 g/mol. The molecule has 0 fully saturated rings.